The summed E-state index contributed by atoms with van der Waals surface area (Å²) in [7, 11) is 0. The summed E-state index contributed by atoms with van der Waals surface area (Å²) in [6, 6.07) is 7.97. The van der Waals surface area contributed by atoms with Crippen molar-refractivity contribution in [1.82, 2.24) is 9.88 Å². The van der Waals surface area contributed by atoms with Crippen molar-refractivity contribution in [2.75, 3.05) is 19.7 Å². The second-order valence-electron chi connectivity index (χ2n) is 7.31. The second-order valence-corrected chi connectivity index (χ2v) is 8.31. The molecule has 1 fully saturated rings. The number of carbonyl (C=O) groups is 1. The van der Waals surface area contributed by atoms with Gasteiger partial charge in [0.25, 0.3) is 5.19 Å². The Morgan fingerprint density at radius 1 is 1.31 bits per heavy atom. The maximum absolute atomic E-state index is 12.3. The molecule has 26 heavy (non-hydrogen) atoms. The van der Waals surface area contributed by atoms with Gasteiger partial charge in [-0.3, -0.25) is 0 Å². The van der Waals surface area contributed by atoms with Crippen LogP contribution in [0.5, 0.6) is 5.19 Å². The van der Waals surface area contributed by atoms with Crippen molar-refractivity contribution in [2.24, 2.45) is 0 Å². The van der Waals surface area contributed by atoms with Crippen LogP contribution in [0.3, 0.4) is 0 Å². The third-order valence-electron chi connectivity index (χ3n) is 4.06. The molecule has 1 amide bonds. The lowest BCUT2D eigenvalue weighted by Gasteiger charge is -2.38. The zero-order chi connectivity index (χ0) is 18.7. The van der Waals surface area contributed by atoms with Gasteiger partial charge < -0.3 is 19.1 Å². The minimum atomic E-state index is -0.507. The monoisotopic (exact) mass is 378 g/mol. The van der Waals surface area contributed by atoms with E-state index in [1.807, 2.05) is 52.0 Å². The van der Waals surface area contributed by atoms with Gasteiger partial charge in [0.1, 0.15) is 17.8 Å². The largest absolute Gasteiger partial charge is 0.464 e. The summed E-state index contributed by atoms with van der Waals surface area (Å²) in [6.45, 7) is 9.15. The smallest absolute Gasteiger partial charge is 0.410 e. The van der Waals surface area contributed by atoms with Crippen LogP contribution in [0.4, 0.5) is 4.79 Å². The van der Waals surface area contributed by atoms with Crippen molar-refractivity contribution in [1.29, 1.82) is 0 Å². The molecule has 2 unspecified atom stereocenters. The van der Waals surface area contributed by atoms with E-state index in [0.29, 0.717) is 31.3 Å². The number of piperidine rings is 1. The highest BCUT2D eigenvalue weighted by Gasteiger charge is 2.35. The molecule has 3 rings (SSSR count). The summed E-state index contributed by atoms with van der Waals surface area (Å²) >= 11 is 1.53. The van der Waals surface area contributed by atoms with Crippen LogP contribution in [-0.2, 0) is 9.47 Å². The number of fused-ring (bicyclic) bond motifs is 1. The van der Waals surface area contributed by atoms with Crippen LogP contribution in [0.15, 0.2) is 24.3 Å². The molecular formula is C19H26N2O4S. The van der Waals surface area contributed by atoms with E-state index in [4.69, 9.17) is 14.2 Å². The van der Waals surface area contributed by atoms with Crippen LogP contribution in [0, 0.1) is 0 Å². The maximum Gasteiger partial charge on any atom is 0.410 e. The van der Waals surface area contributed by atoms with Crippen LogP contribution in [0.1, 0.15) is 34.1 Å². The first-order valence-electron chi connectivity index (χ1n) is 8.97. The molecule has 1 saturated heterocycles. The molecule has 142 valence electrons. The Hall–Kier alpha value is -1.86. The van der Waals surface area contributed by atoms with Crippen molar-refractivity contribution in [2.45, 2.75) is 51.9 Å². The first kappa shape index (κ1) is 18.9. The summed E-state index contributed by atoms with van der Waals surface area (Å²) in [4.78, 5) is 18.6. The van der Waals surface area contributed by atoms with E-state index in [0.717, 1.165) is 10.2 Å². The zero-order valence-corrected chi connectivity index (χ0v) is 16.5. The lowest BCUT2D eigenvalue weighted by Crippen LogP contribution is -2.53. The number of para-hydroxylation sites is 1. The standard InChI is InChI=1S/C19H26N2O4S/c1-5-23-15-12-21(18(22)25-19(2,3)4)11-10-14(15)24-17-20-13-8-6-7-9-16(13)26-17/h6-9,14-15H,5,10-12H2,1-4H3. The SMILES string of the molecule is CCOC1CN(C(=O)OC(C)(C)C)CCC1Oc1nc2ccccc2s1. The highest BCUT2D eigenvalue weighted by Crippen LogP contribution is 2.30. The molecule has 0 saturated carbocycles. The Bertz CT molecular complexity index is 722. The Morgan fingerprint density at radius 3 is 2.77 bits per heavy atom. The predicted octanol–water partition coefficient (Wildman–Crippen LogP) is 4.09. The normalized spacial score (nSPS) is 21.0. The molecule has 2 aromatic rings. The lowest BCUT2D eigenvalue weighted by atomic mass is 10.1. The maximum atomic E-state index is 12.3. The number of carbonyl (C=O) groups excluding carboxylic acids is 1. The van der Waals surface area contributed by atoms with Gasteiger partial charge in [0.15, 0.2) is 0 Å². The van der Waals surface area contributed by atoms with Crippen molar-refractivity contribution < 1.29 is 19.0 Å². The number of thiazole rings is 1. The molecule has 1 aliphatic heterocycles. The van der Waals surface area contributed by atoms with Crippen LogP contribution < -0.4 is 4.74 Å². The molecule has 0 bridgehead atoms. The fraction of sp³-hybridized carbons (Fsp3) is 0.579. The minimum Gasteiger partial charge on any atom is -0.464 e. The van der Waals surface area contributed by atoms with Gasteiger partial charge in [0, 0.05) is 19.6 Å². The highest BCUT2D eigenvalue weighted by atomic mass is 32.1. The van der Waals surface area contributed by atoms with E-state index in [1.165, 1.54) is 11.3 Å². The zero-order valence-electron chi connectivity index (χ0n) is 15.7. The van der Waals surface area contributed by atoms with Gasteiger partial charge in [-0.2, -0.15) is 0 Å². The topological polar surface area (TPSA) is 60.9 Å². The van der Waals surface area contributed by atoms with Crippen molar-refractivity contribution >= 4 is 27.6 Å². The molecule has 0 N–H and O–H groups in total. The Labute approximate surface area is 158 Å². The molecule has 2 heterocycles. The Kier molecular flexibility index (Phi) is 5.67. The molecule has 2 atom stereocenters. The second kappa shape index (κ2) is 7.80. The number of likely N-dealkylation sites (tertiary alicyclic amines) is 1. The highest BCUT2D eigenvalue weighted by molar-refractivity contribution is 7.20. The molecule has 1 aromatic heterocycles. The molecule has 0 spiro atoms. The number of amides is 1. The van der Waals surface area contributed by atoms with Gasteiger partial charge in [0.05, 0.1) is 16.8 Å². The van der Waals surface area contributed by atoms with E-state index in [9.17, 15) is 4.79 Å². The van der Waals surface area contributed by atoms with Crippen molar-refractivity contribution in [3.05, 3.63) is 24.3 Å². The van der Waals surface area contributed by atoms with Crippen molar-refractivity contribution in [3.8, 4) is 5.19 Å². The quantitative estimate of drug-likeness (QED) is 0.802. The number of ether oxygens (including phenoxy) is 3. The summed E-state index contributed by atoms with van der Waals surface area (Å²) in [5.41, 5.74) is 0.429. The predicted molar refractivity (Wildman–Crippen MR) is 102 cm³/mol. The van der Waals surface area contributed by atoms with Gasteiger partial charge in [-0.1, -0.05) is 23.5 Å². The molecule has 7 heteroatoms. The van der Waals surface area contributed by atoms with E-state index in [-0.39, 0.29) is 18.3 Å². The van der Waals surface area contributed by atoms with Crippen LogP contribution in [0.2, 0.25) is 0 Å². The number of rotatable bonds is 4. The Morgan fingerprint density at radius 2 is 2.08 bits per heavy atom. The molecule has 1 aliphatic rings. The number of aromatic nitrogens is 1. The van der Waals surface area contributed by atoms with Gasteiger partial charge in [-0.15, -0.1) is 0 Å². The van der Waals surface area contributed by atoms with Crippen LogP contribution in [0.25, 0.3) is 10.2 Å². The fourth-order valence-corrected chi connectivity index (χ4v) is 3.80. The number of hydrogen-bond donors (Lipinski definition) is 0. The minimum absolute atomic E-state index is 0.130. The van der Waals surface area contributed by atoms with Gasteiger partial charge in [0.2, 0.25) is 0 Å². The number of nitrogens with zero attached hydrogens (tertiary/aromatic N) is 2. The average molecular weight is 378 g/mol. The summed E-state index contributed by atoms with van der Waals surface area (Å²) < 4.78 is 18.6. The van der Waals surface area contributed by atoms with Gasteiger partial charge in [-0.05, 0) is 39.8 Å². The van der Waals surface area contributed by atoms with E-state index < -0.39 is 5.60 Å². The van der Waals surface area contributed by atoms with E-state index in [1.54, 1.807) is 4.90 Å². The summed E-state index contributed by atoms with van der Waals surface area (Å²) in [6.07, 6.45) is 0.0444. The van der Waals surface area contributed by atoms with Crippen LogP contribution in [-0.4, -0.2) is 53.5 Å². The molecule has 0 aliphatic carbocycles. The first-order chi connectivity index (χ1) is 12.4. The third-order valence-corrected chi connectivity index (χ3v) is 4.98. The summed E-state index contributed by atoms with van der Waals surface area (Å²) in [5, 5.41) is 0.645. The molecule has 6 nitrogen and oxygen atoms in total. The average Bonchev–Trinajstić information content (AvgIpc) is 2.97. The van der Waals surface area contributed by atoms with Crippen LogP contribution >= 0.6 is 11.3 Å². The first-order valence-corrected chi connectivity index (χ1v) is 9.79. The molecule has 1 aromatic carbocycles. The number of hydrogen-bond acceptors (Lipinski definition) is 6. The van der Waals surface area contributed by atoms with E-state index >= 15 is 0 Å². The van der Waals surface area contributed by atoms with Gasteiger partial charge >= 0.3 is 6.09 Å². The van der Waals surface area contributed by atoms with E-state index in [2.05, 4.69) is 4.98 Å². The fourth-order valence-electron chi connectivity index (χ4n) is 2.93. The third kappa shape index (κ3) is 4.65. The number of benzene rings is 1. The van der Waals surface area contributed by atoms with Crippen molar-refractivity contribution in [3.63, 3.8) is 0 Å². The Balaban J connectivity index is 1.67. The molecule has 0 radical (unpaired) electrons. The molecular weight excluding hydrogens is 352 g/mol. The van der Waals surface area contributed by atoms with Gasteiger partial charge in [-0.25, -0.2) is 9.78 Å². The lowest BCUT2D eigenvalue weighted by molar-refractivity contribution is -0.0689. The summed E-state index contributed by atoms with van der Waals surface area (Å²) in [5.74, 6) is 0.